The Morgan fingerprint density at radius 2 is 1.86 bits per heavy atom. The van der Waals surface area contributed by atoms with Crippen molar-refractivity contribution in [3.8, 4) is 5.75 Å². The van der Waals surface area contributed by atoms with E-state index in [0.29, 0.717) is 12.2 Å². The number of hydrogen-bond donors (Lipinski definition) is 1. The van der Waals surface area contributed by atoms with Gasteiger partial charge in [0, 0.05) is 11.6 Å². The average Bonchev–Trinajstić information content (AvgIpc) is 2.64. The van der Waals surface area contributed by atoms with Crippen molar-refractivity contribution in [2.75, 3.05) is 17.4 Å². The smallest absolute Gasteiger partial charge is 0.267 e. The lowest BCUT2D eigenvalue weighted by Crippen LogP contribution is -2.50. The first-order chi connectivity index (χ1) is 13.3. The summed E-state index contributed by atoms with van der Waals surface area (Å²) in [6.07, 6.45) is -0.270. The maximum Gasteiger partial charge on any atom is 0.267 e. The minimum absolute atomic E-state index is 0.103. The Morgan fingerprint density at radius 3 is 2.50 bits per heavy atom. The Labute approximate surface area is 178 Å². The van der Waals surface area contributed by atoms with Gasteiger partial charge in [-0.15, -0.1) is 0 Å². The molecule has 1 aliphatic rings. The molecule has 1 N–H and O–H groups in total. The summed E-state index contributed by atoms with van der Waals surface area (Å²) >= 11 is 18.2. The van der Waals surface area contributed by atoms with Crippen molar-refractivity contribution in [3.63, 3.8) is 0 Å². The molecule has 1 atom stereocenters. The van der Waals surface area contributed by atoms with Crippen LogP contribution in [-0.4, -0.2) is 33.5 Å². The zero-order chi connectivity index (χ0) is 20.5. The number of amides is 1. The third-order valence-electron chi connectivity index (χ3n) is 4.09. The van der Waals surface area contributed by atoms with Crippen LogP contribution < -0.4 is 14.4 Å². The number of benzene rings is 2. The summed E-state index contributed by atoms with van der Waals surface area (Å²) in [5, 5.41) is 2.73. The predicted molar refractivity (Wildman–Crippen MR) is 110 cm³/mol. The van der Waals surface area contributed by atoms with E-state index in [1.165, 1.54) is 12.1 Å². The molecule has 1 amide bonds. The highest BCUT2D eigenvalue weighted by atomic mass is 35.5. The first-order valence-corrected chi connectivity index (χ1v) is 11.0. The first-order valence-electron chi connectivity index (χ1n) is 8.46. The molecule has 0 aliphatic carbocycles. The van der Waals surface area contributed by atoms with Gasteiger partial charge in [0.2, 0.25) is 0 Å². The summed E-state index contributed by atoms with van der Waals surface area (Å²) in [4.78, 5) is 12.2. The molecule has 28 heavy (non-hydrogen) atoms. The number of nitrogens with one attached hydrogen (secondary N) is 1. The molecular weight excluding hydrogens is 447 g/mol. The number of anilines is 1. The highest BCUT2D eigenvalue weighted by molar-refractivity contribution is 7.93. The number of rotatable bonds is 5. The number of carbonyl (C=O) groups excluding carboxylic acids is 1. The molecule has 2 aromatic rings. The summed E-state index contributed by atoms with van der Waals surface area (Å²) < 4.78 is 33.6. The third kappa shape index (κ3) is 4.03. The first kappa shape index (κ1) is 21.0. The minimum Gasteiger partial charge on any atom is -0.476 e. The van der Waals surface area contributed by atoms with Crippen molar-refractivity contribution in [2.24, 2.45) is 0 Å². The Morgan fingerprint density at radius 1 is 1.21 bits per heavy atom. The predicted octanol–water partition coefficient (Wildman–Crippen LogP) is 4.13. The summed E-state index contributed by atoms with van der Waals surface area (Å²) in [6.45, 7) is 2.16. The van der Waals surface area contributed by atoms with Gasteiger partial charge in [0.25, 0.3) is 15.9 Å². The van der Waals surface area contributed by atoms with Gasteiger partial charge in [-0.3, -0.25) is 9.10 Å². The van der Waals surface area contributed by atoms with Crippen LogP contribution in [0.15, 0.2) is 41.3 Å². The van der Waals surface area contributed by atoms with E-state index in [9.17, 15) is 13.2 Å². The van der Waals surface area contributed by atoms with Crippen molar-refractivity contribution < 1.29 is 17.9 Å². The zero-order valence-corrected chi connectivity index (χ0v) is 17.9. The van der Waals surface area contributed by atoms with Crippen molar-refractivity contribution >= 4 is 56.4 Å². The molecule has 10 heteroatoms. The molecule has 1 heterocycles. The second-order valence-electron chi connectivity index (χ2n) is 6.10. The fourth-order valence-electron chi connectivity index (χ4n) is 2.81. The summed E-state index contributed by atoms with van der Waals surface area (Å²) in [6, 6.07) is 9.16. The highest BCUT2D eigenvalue weighted by Crippen LogP contribution is 2.41. The molecule has 0 fully saturated rings. The maximum atomic E-state index is 13.4. The largest absolute Gasteiger partial charge is 0.476 e. The van der Waals surface area contributed by atoms with E-state index in [4.69, 9.17) is 39.5 Å². The lowest BCUT2D eigenvalue weighted by atomic mass is 10.2. The van der Waals surface area contributed by atoms with Crippen LogP contribution in [0.4, 0.5) is 5.69 Å². The lowest BCUT2D eigenvalue weighted by Gasteiger charge is -2.35. The monoisotopic (exact) mass is 462 g/mol. The molecule has 0 radical (unpaired) electrons. The average molecular weight is 464 g/mol. The molecule has 3 rings (SSSR count). The quantitative estimate of drug-likeness (QED) is 0.723. The molecule has 0 saturated carbocycles. The van der Waals surface area contributed by atoms with Gasteiger partial charge in [0.15, 0.2) is 6.10 Å². The zero-order valence-electron chi connectivity index (χ0n) is 14.8. The number of carbonyl (C=O) groups is 1. The summed E-state index contributed by atoms with van der Waals surface area (Å²) in [7, 11) is -4.19. The molecule has 0 spiro atoms. The van der Waals surface area contributed by atoms with Gasteiger partial charge in [-0.2, -0.15) is 0 Å². The fraction of sp³-hybridized carbons (Fsp3) is 0.278. The van der Waals surface area contributed by atoms with E-state index in [0.717, 1.165) is 10.7 Å². The molecule has 150 valence electrons. The van der Waals surface area contributed by atoms with Crippen LogP contribution in [0.25, 0.3) is 0 Å². The second kappa shape index (κ2) is 8.37. The molecule has 6 nitrogen and oxygen atoms in total. The Kier molecular flexibility index (Phi) is 6.29. The van der Waals surface area contributed by atoms with Gasteiger partial charge in [-0.25, -0.2) is 8.42 Å². The second-order valence-corrected chi connectivity index (χ2v) is 9.15. The standard InChI is InChI=1S/C18H17Cl3N2O4S/c1-2-7-22-18(24)16-10-23(14-5-3-4-6-15(14)27-16)28(25,26)17-12(20)8-11(19)9-13(17)21/h3-6,8-9,16H,2,7,10H2,1H3,(H,22,24)/t16-/m0/s1. The molecule has 0 saturated heterocycles. The van der Waals surface area contributed by atoms with Gasteiger partial charge in [0.1, 0.15) is 10.6 Å². The van der Waals surface area contributed by atoms with Gasteiger partial charge in [-0.1, -0.05) is 53.9 Å². The number of fused-ring (bicyclic) bond motifs is 1. The van der Waals surface area contributed by atoms with Crippen molar-refractivity contribution in [1.82, 2.24) is 5.32 Å². The molecule has 0 bridgehead atoms. The molecule has 2 aromatic carbocycles. The van der Waals surface area contributed by atoms with Crippen molar-refractivity contribution in [1.29, 1.82) is 0 Å². The van der Waals surface area contributed by atoms with Gasteiger partial charge in [0.05, 0.1) is 22.3 Å². The molecule has 0 aromatic heterocycles. The maximum absolute atomic E-state index is 13.4. The Hall–Kier alpha value is -1.67. The van der Waals surface area contributed by atoms with Crippen LogP contribution >= 0.6 is 34.8 Å². The topological polar surface area (TPSA) is 75.7 Å². The minimum atomic E-state index is -4.19. The highest BCUT2D eigenvalue weighted by Gasteiger charge is 2.39. The molecule has 0 unspecified atom stereocenters. The van der Waals surface area contributed by atoms with Gasteiger partial charge in [-0.05, 0) is 30.7 Å². The van der Waals surface area contributed by atoms with E-state index < -0.39 is 22.0 Å². The number of sulfonamides is 1. The Bertz CT molecular complexity index is 991. The molecule has 1 aliphatic heterocycles. The van der Waals surface area contributed by atoms with Crippen LogP contribution in [0, 0.1) is 0 Å². The van der Waals surface area contributed by atoms with Gasteiger partial charge < -0.3 is 10.1 Å². The van der Waals surface area contributed by atoms with E-state index in [-0.39, 0.29) is 32.3 Å². The van der Waals surface area contributed by atoms with Gasteiger partial charge >= 0.3 is 0 Å². The van der Waals surface area contributed by atoms with Crippen LogP contribution in [0.5, 0.6) is 5.75 Å². The number of hydrogen-bond acceptors (Lipinski definition) is 4. The van der Waals surface area contributed by atoms with Crippen molar-refractivity contribution in [3.05, 3.63) is 51.5 Å². The van der Waals surface area contributed by atoms with Crippen LogP contribution in [0.2, 0.25) is 15.1 Å². The SMILES string of the molecule is CCCNC(=O)[C@@H]1CN(S(=O)(=O)c2c(Cl)cc(Cl)cc2Cl)c2ccccc2O1. The molecular formula is C18H17Cl3N2O4S. The van der Waals surface area contributed by atoms with Crippen LogP contribution in [0.1, 0.15) is 13.3 Å². The normalized spacial score (nSPS) is 16.3. The number of ether oxygens (including phenoxy) is 1. The number of nitrogens with zero attached hydrogens (tertiary/aromatic N) is 1. The summed E-state index contributed by atoms with van der Waals surface area (Å²) in [5.41, 5.74) is 0.295. The van der Waals surface area contributed by atoms with E-state index >= 15 is 0 Å². The van der Waals surface area contributed by atoms with Crippen molar-refractivity contribution in [2.45, 2.75) is 24.3 Å². The third-order valence-corrected chi connectivity index (χ3v) is 7.01. The number of para-hydroxylation sites is 2. The van der Waals surface area contributed by atoms with E-state index in [1.54, 1.807) is 24.3 Å². The van der Waals surface area contributed by atoms with E-state index in [1.807, 2.05) is 6.92 Å². The van der Waals surface area contributed by atoms with Crippen LogP contribution in [-0.2, 0) is 14.8 Å². The summed E-state index contributed by atoms with van der Waals surface area (Å²) in [5.74, 6) is -0.125. The fourth-order valence-corrected chi connectivity index (χ4v) is 5.79. The van der Waals surface area contributed by atoms with E-state index in [2.05, 4.69) is 5.32 Å². The Balaban J connectivity index is 2.07. The number of halogens is 3. The van der Waals surface area contributed by atoms with Crippen LogP contribution in [0.3, 0.4) is 0 Å². The lowest BCUT2D eigenvalue weighted by molar-refractivity contribution is -0.127.